The van der Waals surface area contributed by atoms with Crippen molar-refractivity contribution in [3.05, 3.63) is 0 Å². The van der Waals surface area contributed by atoms with Crippen LogP contribution in [0.2, 0.25) is 0 Å². The molecule has 0 radical (unpaired) electrons. The Morgan fingerprint density at radius 1 is 1.12 bits per heavy atom. The van der Waals surface area contributed by atoms with Crippen LogP contribution in [0.15, 0.2) is 0 Å². The lowest BCUT2D eigenvalue weighted by Gasteiger charge is -2.41. The van der Waals surface area contributed by atoms with E-state index in [0.717, 1.165) is 25.2 Å². The van der Waals surface area contributed by atoms with Crippen LogP contribution in [0.4, 0.5) is 0 Å². The summed E-state index contributed by atoms with van der Waals surface area (Å²) < 4.78 is 0. The molecule has 1 saturated carbocycles. The summed E-state index contributed by atoms with van der Waals surface area (Å²) in [6.07, 6.45) is 9.23. The van der Waals surface area contributed by atoms with E-state index in [1.54, 1.807) is 0 Å². The van der Waals surface area contributed by atoms with Crippen molar-refractivity contribution >= 4 is 0 Å². The van der Waals surface area contributed by atoms with Crippen molar-refractivity contribution in [1.82, 2.24) is 0 Å². The van der Waals surface area contributed by atoms with Gasteiger partial charge in [0.25, 0.3) is 0 Å². The molecule has 1 heteroatoms. The minimum absolute atomic E-state index is 0.322. The molecule has 0 atom stereocenters. The van der Waals surface area contributed by atoms with Crippen molar-refractivity contribution in [2.45, 2.75) is 84.7 Å². The molecule has 0 aromatic rings. The van der Waals surface area contributed by atoms with Gasteiger partial charge in [-0.1, -0.05) is 47.0 Å². The molecule has 0 bridgehead atoms. The van der Waals surface area contributed by atoms with Gasteiger partial charge in [-0.05, 0) is 43.4 Å². The topological polar surface area (TPSA) is 20.2 Å². The summed E-state index contributed by atoms with van der Waals surface area (Å²) in [5, 5.41) is 10.5. The third kappa shape index (κ3) is 4.08. The maximum absolute atomic E-state index is 10.5. The lowest BCUT2D eigenvalue weighted by Crippen LogP contribution is -2.37. The monoisotopic (exact) mass is 226 g/mol. The van der Waals surface area contributed by atoms with Gasteiger partial charge < -0.3 is 5.11 Å². The smallest absolute Gasteiger partial charge is 0.0648 e. The van der Waals surface area contributed by atoms with Gasteiger partial charge in [-0.25, -0.2) is 0 Å². The molecule has 0 unspecified atom stereocenters. The highest BCUT2D eigenvalue weighted by molar-refractivity contribution is 4.88. The van der Waals surface area contributed by atoms with Crippen molar-refractivity contribution in [3.8, 4) is 0 Å². The molecule has 0 aromatic heterocycles. The van der Waals surface area contributed by atoms with Gasteiger partial charge in [0.1, 0.15) is 0 Å². The van der Waals surface area contributed by atoms with Gasteiger partial charge in [0.15, 0.2) is 0 Å². The van der Waals surface area contributed by atoms with E-state index in [-0.39, 0.29) is 5.60 Å². The Hall–Kier alpha value is -0.0400. The third-order valence-corrected chi connectivity index (χ3v) is 4.39. The first-order valence-corrected chi connectivity index (χ1v) is 7.10. The van der Waals surface area contributed by atoms with Crippen LogP contribution in [0.25, 0.3) is 0 Å². The van der Waals surface area contributed by atoms with E-state index < -0.39 is 0 Å². The number of rotatable bonds is 4. The summed E-state index contributed by atoms with van der Waals surface area (Å²) >= 11 is 0. The Kier molecular flexibility index (Phi) is 4.85. The fourth-order valence-corrected chi connectivity index (χ4v) is 2.98. The number of aliphatic hydroxyl groups is 1. The highest BCUT2D eigenvalue weighted by Crippen LogP contribution is 2.42. The van der Waals surface area contributed by atoms with Gasteiger partial charge in [-0.2, -0.15) is 0 Å². The van der Waals surface area contributed by atoms with Gasteiger partial charge in [0, 0.05) is 0 Å². The van der Waals surface area contributed by atoms with Crippen LogP contribution in [0, 0.1) is 11.3 Å². The Morgan fingerprint density at radius 3 is 2.12 bits per heavy atom. The summed E-state index contributed by atoms with van der Waals surface area (Å²) in [6, 6.07) is 0. The molecule has 0 heterocycles. The van der Waals surface area contributed by atoms with E-state index in [0.29, 0.717) is 5.41 Å². The number of hydrogen-bond acceptors (Lipinski definition) is 1. The molecule has 1 N–H and O–H groups in total. The van der Waals surface area contributed by atoms with Gasteiger partial charge in [-0.3, -0.25) is 0 Å². The highest BCUT2D eigenvalue weighted by Gasteiger charge is 2.36. The molecule has 1 aliphatic carbocycles. The van der Waals surface area contributed by atoms with Gasteiger partial charge in [0.2, 0.25) is 0 Å². The molecule has 0 aromatic carbocycles. The Balaban J connectivity index is 2.35. The first-order valence-electron chi connectivity index (χ1n) is 7.10. The molecule has 1 rings (SSSR count). The van der Waals surface area contributed by atoms with Crippen LogP contribution in [-0.4, -0.2) is 10.7 Å². The van der Waals surface area contributed by atoms with E-state index in [9.17, 15) is 5.11 Å². The lowest BCUT2D eigenvalue weighted by molar-refractivity contribution is -0.0328. The Bertz CT molecular complexity index is 194. The number of hydrogen-bond donors (Lipinski definition) is 1. The van der Waals surface area contributed by atoms with E-state index in [1.807, 2.05) is 0 Å². The fraction of sp³-hybridized carbons (Fsp3) is 1.00. The zero-order valence-electron chi connectivity index (χ0n) is 11.7. The van der Waals surface area contributed by atoms with Gasteiger partial charge >= 0.3 is 0 Å². The molecule has 1 nitrogen and oxygen atoms in total. The molecule has 0 spiro atoms. The Labute approximate surface area is 102 Å². The Morgan fingerprint density at radius 2 is 1.69 bits per heavy atom. The number of unbranched alkanes of at least 4 members (excludes halogenated alkanes) is 2. The molecule has 16 heavy (non-hydrogen) atoms. The zero-order valence-corrected chi connectivity index (χ0v) is 11.7. The van der Waals surface area contributed by atoms with Crippen molar-refractivity contribution in [2.24, 2.45) is 11.3 Å². The van der Waals surface area contributed by atoms with Crippen LogP contribution in [0.5, 0.6) is 0 Å². The fourth-order valence-electron chi connectivity index (χ4n) is 2.98. The molecular weight excluding hydrogens is 196 g/mol. The summed E-state index contributed by atoms with van der Waals surface area (Å²) in [5.41, 5.74) is 0.0989. The van der Waals surface area contributed by atoms with E-state index >= 15 is 0 Å². The predicted molar refractivity (Wildman–Crippen MR) is 70.5 cm³/mol. The van der Waals surface area contributed by atoms with Crippen LogP contribution >= 0.6 is 0 Å². The third-order valence-electron chi connectivity index (χ3n) is 4.39. The summed E-state index contributed by atoms with van der Waals surface area (Å²) in [7, 11) is 0. The average molecular weight is 226 g/mol. The van der Waals surface area contributed by atoms with Gasteiger partial charge in [0.05, 0.1) is 5.60 Å². The second kappa shape index (κ2) is 5.53. The van der Waals surface area contributed by atoms with Crippen LogP contribution < -0.4 is 0 Å². The van der Waals surface area contributed by atoms with Crippen LogP contribution in [-0.2, 0) is 0 Å². The van der Waals surface area contributed by atoms with Gasteiger partial charge in [-0.15, -0.1) is 0 Å². The van der Waals surface area contributed by atoms with Crippen LogP contribution in [0.3, 0.4) is 0 Å². The highest BCUT2D eigenvalue weighted by atomic mass is 16.3. The summed E-state index contributed by atoms with van der Waals surface area (Å²) in [4.78, 5) is 0. The minimum atomic E-state index is -0.322. The van der Waals surface area contributed by atoms with E-state index in [2.05, 4.69) is 27.7 Å². The SMILES string of the molecule is CCCCC[C@]1(O)CC[C@@H](C(C)(C)C)CC1. The normalized spacial score (nSPS) is 31.7. The standard InChI is InChI=1S/C15H30O/c1-5-6-7-10-15(16)11-8-13(9-12-15)14(2,3)4/h13,16H,5-12H2,1-4H3/t13-,15+. The van der Waals surface area contributed by atoms with E-state index in [4.69, 9.17) is 0 Å². The largest absolute Gasteiger partial charge is 0.390 e. The molecule has 96 valence electrons. The van der Waals surface area contributed by atoms with Crippen molar-refractivity contribution < 1.29 is 5.11 Å². The molecule has 0 amide bonds. The maximum Gasteiger partial charge on any atom is 0.0648 e. The second-order valence-electron chi connectivity index (χ2n) is 6.82. The first kappa shape index (κ1) is 14.0. The predicted octanol–water partition coefficient (Wildman–Crippen LogP) is 4.53. The van der Waals surface area contributed by atoms with Crippen LogP contribution in [0.1, 0.15) is 79.1 Å². The summed E-state index contributed by atoms with van der Waals surface area (Å²) in [5.74, 6) is 0.805. The quantitative estimate of drug-likeness (QED) is 0.698. The average Bonchev–Trinajstić information content (AvgIpc) is 2.17. The molecule has 1 aliphatic rings. The molecule has 0 aliphatic heterocycles. The zero-order chi connectivity index (χ0) is 12.2. The van der Waals surface area contributed by atoms with Crippen molar-refractivity contribution in [2.75, 3.05) is 0 Å². The second-order valence-corrected chi connectivity index (χ2v) is 6.82. The molecule has 1 fully saturated rings. The molecular formula is C15H30O. The van der Waals surface area contributed by atoms with E-state index in [1.165, 1.54) is 32.1 Å². The van der Waals surface area contributed by atoms with Crippen molar-refractivity contribution in [1.29, 1.82) is 0 Å². The van der Waals surface area contributed by atoms with Crippen molar-refractivity contribution in [3.63, 3.8) is 0 Å². The molecule has 0 saturated heterocycles. The first-order chi connectivity index (χ1) is 7.37. The maximum atomic E-state index is 10.5. The lowest BCUT2D eigenvalue weighted by atomic mass is 9.67. The minimum Gasteiger partial charge on any atom is -0.390 e. The summed E-state index contributed by atoms with van der Waals surface area (Å²) in [6.45, 7) is 9.22.